The van der Waals surface area contributed by atoms with E-state index in [1.807, 2.05) is 6.92 Å². The van der Waals surface area contributed by atoms with Crippen LogP contribution in [0.3, 0.4) is 0 Å². The normalized spacial score (nSPS) is 8.31. The van der Waals surface area contributed by atoms with Crippen molar-refractivity contribution < 1.29 is 9.59 Å². The molecule has 0 saturated carbocycles. The number of rotatable bonds is 0. The molecule has 13 heavy (non-hydrogen) atoms. The van der Waals surface area contributed by atoms with E-state index in [1.165, 1.54) is 0 Å². The molecule has 0 aromatic rings. The Kier molecular flexibility index (Phi) is 17.7. The van der Waals surface area contributed by atoms with E-state index >= 15 is 0 Å². The second-order valence-corrected chi connectivity index (χ2v) is 3.07. The van der Waals surface area contributed by atoms with Crippen LogP contribution >= 0.6 is 0 Å². The van der Waals surface area contributed by atoms with Crippen LogP contribution in [0.25, 0.3) is 0 Å². The summed E-state index contributed by atoms with van der Waals surface area (Å²) in [6.45, 7) is 8.61. The van der Waals surface area contributed by atoms with Gasteiger partial charge in [0.1, 0.15) is 0 Å². The summed E-state index contributed by atoms with van der Waals surface area (Å²) >= 11 is 0. The van der Waals surface area contributed by atoms with Crippen LogP contribution in [0, 0.1) is 16.2 Å². The van der Waals surface area contributed by atoms with Crippen LogP contribution in [0.2, 0.25) is 0 Å². The van der Waals surface area contributed by atoms with Gasteiger partial charge in [0, 0.05) is 0 Å². The zero-order valence-electron chi connectivity index (χ0n) is 8.47. The van der Waals surface area contributed by atoms with E-state index in [2.05, 4.69) is 32.9 Å². The number of hydrogen-bond acceptors (Lipinski definition) is 4. The van der Waals surface area contributed by atoms with E-state index in [0.717, 1.165) is 12.2 Å². The van der Waals surface area contributed by atoms with Crippen molar-refractivity contribution in [1.82, 2.24) is 0 Å². The Bertz CT molecular complexity index is 178. The predicted octanol–water partition coefficient (Wildman–Crippen LogP) is 2.41. The van der Waals surface area contributed by atoms with Gasteiger partial charge in [-0.05, 0) is 12.3 Å². The molecule has 0 spiro atoms. The standard InChI is InChI=1S/C7H14.2CHNO/c1-5-6-7(2,3)4;2*2-1-3/h5-6H,1-4H3;2*2H. The molecule has 0 bridgehead atoms. The van der Waals surface area contributed by atoms with Gasteiger partial charge in [-0.25, -0.2) is 20.4 Å². The molecule has 0 atom stereocenters. The van der Waals surface area contributed by atoms with E-state index in [-0.39, 0.29) is 0 Å². The van der Waals surface area contributed by atoms with Crippen LogP contribution in [0.15, 0.2) is 12.2 Å². The number of isocyanates is 2. The fraction of sp³-hybridized carbons (Fsp3) is 0.556. The molecule has 0 heterocycles. The lowest BCUT2D eigenvalue weighted by molar-refractivity contribution is 0.543. The van der Waals surface area contributed by atoms with Crippen molar-refractivity contribution in [2.45, 2.75) is 27.7 Å². The third-order valence-corrected chi connectivity index (χ3v) is 0.667. The third kappa shape index (κ3) is 121. The van der Waals surface area contributed by atoms with Crippen molar-refractivity contribution in [3.63, 3.8) is 0 Å². The molecular weight excluding hydrogens is 168 g/mol. The monoisotopic (exact) mass is 184 g/mol. The highest BCUT2D eigenvalue weighted by Crippen LogP contribution is 2.13. The fourth-order valence-corrected chi connectivity index (χ4v) is 0.500. The van der Waals surface area contributed by atoms with E-state index in [1.54, 1.807) is 0 Å². The van der Waals surface area contributed by atoms with Gasteiger partial charge < -0.3 is 0 Å². The quantitative estimate of drug-likeness (QED) is 0.344. The first-order valence-electron chi connectivity index (χ1n) is 3.61. The molecule has 74 valence electrons. The van der Waals surface area contributed by atoms with Gasteiger partial charge in [-0.3, -0.25) is 0 Å². The molecule has 0 aromatic carbocycles. The summed E-state index contributed by atoms with van der Waals surface area (Å²) in [7, 11) is 0. The van der Waals surface area contributed by atoms with Crippen LogP contribution in [0.4, 0.5) is 0 Å². The van der Waals surface area contributed by atoms with Gasteiger partial charge in [-0.1, -0.05) is 32.9 Å². The summed E-state index contributed by atoms with van der Waals surface area (Å²) < 4.78 is 0. The largest absolute Gasteiger partial charge is 0.231 e. The molecule has 0 aliphatic heterocycles. The molecule has 0 radical (unpaired) electrons. The highest BCUT2D eigenvalue weighted by Gasteiger charge is 2.00. The lowest BCUT2D eigenvalue weighted by Crippen LogP contribution is -1.97. The average molecular weight is 184 g/mol. The Morgan fingerprint density at radius 1 is 1.08 bits per heavy atom. The van der Waals surface area contributed by atoms with Gasteiger partial charge in [-0.2, -0.15) is 0 Å². The van der Waals surface area contributed by atoms with Crippen molar-refractivity contribution in [2.24, 2.45) is 5.41 Å². The Hall–Kier alpha value is -1.50. The maximum atomic E-state index is 8.35. The molecular formula is C9H16N2O2. The average Bonchev–Trinajstić information content (AvgIpc) is 1.87. The first-order chi connectivity index (χ1) is 5.89. The topological polar surface area (TPSA) is 81.8 Å². The van der Waals surface area contributed by atoms with Crippen LogP contribution in [0.1, 0.15) is 27.7 Å². The van der Waals surface area contributed by atoms with Gasteiger partial charge in [0.15, 0.2) is 0 Å². The summed E-state index contributed by atoms with van der Waals surface area (Å²) in [4.78, 5) is 16.7. The molecule has 4 nitrogen and oxygen atoms in total. The molecule has 0 aliphatic rings. The van der Waals surface area contributed by atoms with Gasteiger partial charge in [-0.15, -0.1) is 0 Å². The minimum Gasteiger partial charge on any atom is -0.222 e. The van der Waals surface area contributed by atoms with Crippen molar-refractivity contribution in [2.75, 3.05) is 0 Å². The summed E-state index contributed by atoms with van der Waals surface area (Å²) in [6.07, 6.45) is 5.77. The molecule has 0 amide bonds. The molecule has 4 heteroatoms. The smallest absolute Gasteiger partial charge is 0.222 e. The van der Waals surface area contributed by atoms with Crippen molar-refractivity contribution in [3.8, 4) is 0 Å². The van der Waals surface area contributed by atoms with E-state index in [9.17, 15) is 0 Å². The van der Waals surface area contributed by atoms with E-state index in [0.29, 0.717) is 5.41 Å². The van der Waals surface area contributed by atoms with E-state index in [4.69, 9.17) is 20.4 Å². The molecule has 2 N–H and O–H groups in total. The maximum Gasteiger partial charge on any atom is 0.231 e. The minimum absolute atomic E-state index is 0.370. The predicted molar refractivity (Wildman–Crippen MR) is 51.1 cm³/mol. The number of hydrogen-bond donors (Lipinski definition) is 2. The number of nitrogens with one attached hydrogen (secondary N) is 2. The first-order valence-corrected chi connectivity index (χ1v) is 3.61. The van der Waals surface area contributed by atoms with E-state index < -0.39 is 0 Å². The van der Waals surface area contributed by atoms with Crippen molar-refractivity contribution in [1.29, 1.82) is 10.8 Å². The zero-order valence-corrected chi connectivity index (χ0v) is 8.47. The molecule has 0 aromatic heterocycles. The number of carbonyl (C=O) groups excluding carboxylic acids is 2. The molecule has 0 rings (SSSR count). The summed E-state index contributed by atoms with van der Waals surface area (Å²) in [5.74, 6) is 0. The highest BCUT2D eigenvalue weighted by molar-refractivity contribution is 5.26. The Balaban J connectivity index is -0.000000140. The highest BCUT2D eigenvalue weighted by atomic mass is 16.1. The van der Waals surface area contributed by atoms with Gasteiger partial charge in [0.05, 0.1) is 0 Å². The summed E-state index contributed by atoms with van der Waals surface area (Å²) in [5, 5.41) is 10.8. The third-order valence-electron chi connectivity index (χ3n) is 0.667. The van der Waals surface area contributed by atoms with Crippen LogP contribution in [0.5, 0.6) is 0 Å². The van der Waals surface area contributed by atoms with Crippen molar-refractivity contribution in [3.05, 3.63) is 12.2 Å². The Morgan fingerprint density at radius 2 is 1.31 bits per heavy atom. The van der Waals surface area contributed by atoms with Crippen molar-refractivity contribution >= 4 is 12.2 Å². The molecule has 0 fully saturated rings. The van der Waals surface area contributed by atoms with Gasteiger partial charge in [0.2, 0.25) is 12.2 Å². The molecule has 0 unspecified atom stereocenters. The zero-order chi connectivity index (χ0) is 11.3. The lowest BCUT2D eigenvalue weighted by atomic mass is 9.97. The van der Waals surface area contributed by atoms with Crippen LogP contribution < -0.4 is 0 Å². The first kappa shape index (κ1) is 17.5. The molecule has 0 saturated heterocycles. The fourth-order valence-electron chi connectivity index (χ4n) is 0.500. The Labute approximate surface area is 78.7 Å². The van der Waals surface area contributed by atoms with Crippen LogP contribution in [-0.2, 0) is 9.59 Å². The molecule has 0 aliphatic carbocycles. The second-order valence-electron chi connectivity index (χ2n) is 3.07. The summed E-state index contributed by atoms with van der Waals surface area (Å²) in [6, 6.07) is 0. The van der Waals surface area contributed by atoms with Gasteiger partial charge in [0.25, 0.3) is 0 Å². The SMILES string of the molecule is CC=CC(C)(C)C.N=C=O.N=C=O. The second kappa shape index (κ2) is 13.1. The van der Waals surface area contributed by atoms with Crippen LogP contribution in [-0.4, -0.2) is 12.2 Å². The lowest BCUT2D eigenvalue weighted by Gasteiger charge is -2.09. The Morgan fingerprint density at radius 3 is 1.31 bits per heavy atom. The summed E-state index contributed by atoms with van der Waals surface area (Å²) in [5.41, 5.74) is 0.370. The maximum absolute atomic E-state index is 8.35. The van der Waals surface area contributed by atoms with Gasteiger partial charge >= 0.3 is 0 Å². The minimum atomic E-state index is 0.370. The number of allylic oxidation sites excluding steroid dienone is 2.